The van der Waals surface area contributed by atoms with E-state index in [9.17, 15) is 19.4 Å². The normalized spacial score (nSPS) is 14.1. The fraction of sp³-hybridized carbons (Fsp3) is 0.885. The molecule has 0 saturated heterocycles. The van der Waals surface area contributed by atoms with E-state index in [1.165, 1.54) is 231 Å². The lowest BCUT2D eigenvalue weighted by Gasteiger charge is -2.25. The third kappa shape index (κ3) is 54.5. The van der Waals surface area contributed by atoms with Crippen LogP contribution in [0.5, 0.6) is 0 Å². The van der Waals surface area contributed by atoms with Gasteiger partial charge in [-0.1, -0.05) is 275 Å². The van der Waals surface area contributed by atoms with Crippen LogP contribution in [0.15, 0.2) is 36.5 Å². The van der Waals surface area contributed by atoms with Gasteiger partial charge in [-0.25, -0.2) is 4.57 Å². The molecule has 0 heterocycles. The van der Waals surface area contributed by atoms with E-state index >= 15 is 0 Å². The van der Waals surface area contributed by atoms with Crippen LogP contribution in [-0.4, -0.2) is 73.4 Å². The number of carbonyl (C=O) groups excluding carboxylic acids is 1. The maximum Gasteiger partial charge on any atom is 0.472 e. The maximum atomic E-state index is 13.0. The van der Waals surface area contributed by atoms with Crippen molar-refractivity contribution in [1.29, 1.82) is 0 Å². The van der Waals surface area contributed by atoms with Crippen LogP contribution in [0.1, 0.15) is 296 Å². The molecule has 0 aromatic carbocycles. The van der Waals surface area contributed by atoms with Gasteiger partial charge in [-0.3, -0.25) is 13.8 Å². The number of phosphoric acid groups is 1. The van der Waals surface area contributed by atoms with E-state index in [0.717, 1.165) is 44.9 Å². The number of nitrogens with one attached hydrogen (secondary N) is 1. The summed E-state index contributed by atoms with van der Waals surface area (Å²) in [6.45, 7) is 4.85. The van der Waals surface area contributed by atoms with Crippen LogP contribution in [0.3, 0.4) is 0 Å². The van der Waals surface area contributed by atoms with Crippen LogP contribution in [-0.2, 0) is 18.4 Å². The summed E-state index contributed by atoms with van der Waals surface area (Å²) in [6.07, 6.45) is 68.2. The number of aliphatic hydroxyl groups excluding tert-OH is 1. The number of allylic oxidation sites excluding steroid dienone is 5. The van der Waals surface area contributed by atoms with Gasteiger partial charge in [0.2, 0.25) is 5.91 Å². The van der Waals surface area contributed by atoms with Crippen molar-refractivity contribution in [3.05, 3.63) is 36.5 Å². The molecule has 1 amide bonds. The van der Waals surface area contributed by atoms with Crippen molar-refractivity contribution in [3.8, 4) is 0 Å². The van der Waals surface area contributed by atoms with Gasteiger partial charge in [0.15, 0.2) is 0 Å². The second kappa shape index (κ2) is 52.6. The molecular weight excluding hydrogens is 888 g/mol. The summed E-state index contributed by atoms with van der Waals surface area (Å²) < 4.78 is 23.7. The zero-order valence-electron chi connectivity index (χ0n) is 47.3. The molecule has 3 atom stereocenters. The number of carbonyl (C=O) groups is 1. The van der Waals surface area contributed by atoms with Crippen molar-refractivity contribution >= 4 is 13.7 Å². The molecular formula is C61H120N2O6P+. The number of amides is 1. The van der Waals surface area contributed by atoms with Gasteiger partial charge in [0.25, 0.3) is 0 Å². The first-order valence-corrected chi connectivity index (χ1v) is 31.9. The predicted octanol–water partition coefficient (Wildman–Crippen LogP) is 18.5. The van der Waals surface area contributed by atoms with E-state index in [1.807, 2.05) is 27.2 Å². The first kappa shape index (κ1) is 68.7. The molecule has 0 saturated carbocycles. The molecule has 70 heavy (non-hydrogen) atoms. The van der Waals surface area contributed by atoms with E-state index in [1.54, 1.807) is 6.08 Å². The summed E-state index contributed by atoms with van der Waals surface area (Å²) in [6, 6.07) is -0.848. The third-order valence-electron chi connectivity index (χ3n) is 13.9. The maximum absolute atomic E-state index is 13.0. The van der Waals surface area contributed by atoms with Crippen molar-refractivity contribution in [2.75, 3.05) is 40.9 Å². The standard InChI is InChI=1S/C61H119N2O6P/c1-6-8-10-12-14-16-18-20-22-24-26-28-29-30-31-32-33-35-37-39-41-43-45-47-49-51-53-55-61(65)62-59(58-69-70(66,67)68-57-56-63(3,4)5)60(64)54-52-50-48-46-44-42-40-38-36-34-27-25-23-21-19-17-15-13-11-9-7-2/h26,28,30-31,52,54,59-60,64H,6-25,27,29,32-51,53,55-58H2,1-5H3,(H-,62,65,66,67)/p+1/b28-26-,31-30-,54-52+. The van der Waals surface area contributed by atoms with Gasteiger partial charge in [0.05, 0.1) is 39.9 Å². The van der Waals surface area contributed by atoms with Crippen LogP contribution < -0.4 is 5.32 Å². The second-order valence-electron chi connectivity index (χ2n) is 22.1. The van der Waals surface area contributed by atoms with Crippen molar-refractivity contribution in [2.45, 2.75) is 309 Å². The SMILES string of the molecule is CCCCCCCCCCC/C=C\C/C=C\CCCCCCCCCCCCCC(=O)NC(COP(=O)(O)OCC[N+](C)(C)C)C(O)/C=C/CCCCCCCCCCCCCCCCCCCCC. The second-order valence-corrected chi connectivity index (χ2v) is 23.5. The zero-order valence-corrected chi connectivity index (χ0v) is 48.2. The predicted molar refractivity (Wildman–Crippen MR) is 304 cm³/mol. The van der Waals surface area contributed by atoms with Crippen molar-refractivity contribution in [2.24, 2.45) is 0 Å². The van der Waals surface area contributed by atoms with E-state index in [-0.39, 0.29) is 19.1 Å². The Balaban J connectivity index is 4.17. The lowest BCUT2D eigenvalue weighted by atomic mass is 10.0. The highest BCUT2D eigenvalue weighted by Crippen LogP contribution is 2.43. The molecule has 9 heteroatoms. The summed E-state index contributed by atoms with van der Waals surface area (Å²) >= 11 is 0. The fourth-order valence-corrected chi connectivity index (χ4v) is 9.81. The summed E-state index contributed by atoms with van der Waals surface area (Å²) in [5, 5.41) is 14.0. The lowest BCUT2D eigenvalue weighted by molar-refractivity contribution is -0.870. The van der Waals surface area contributed by atoms with Gasteiger partial charge in [-0.2, -0.15) is 0 Å². The monoisotopic (exact) mass is 1010 g/mol. The minimum absolute atomic E-state index is 0.0618. The quantitative estimate of drug-likeness (QED) is 0.0243. The van der Waals surface area contributed by atoms with Crippen molar-refractivity contribution in [3.63, 3.8) is 0 Å². The highest BCUT2D eigenvalue weighted by Gasteiger charge is 2.27. The number of nitrogens with zero attached hydrogens (tertiary/aromatic N) is 1. The Morgan fingerprint density at radius 3 is 1.17 bits per heavy atom. The van der Waals surface area contributed by atoms with Gasteiger partial charge in [0, 0.05) is 6.42 Å². The molecule has 0 aromatic heterocycles. The number of quaternary nitrogens is 1. The number of hydrogen-bond acceptors (Lipinski definition) is 5. The molecule has 3 N–H and O–H groups in total. The number of hydrogen-bond donors (Lipinski definition) is 3. The molecule has 0 aliphatic carbocycles. The lowest BCUT2D eigenvalue weighted by Crippen LogP contribution is -2.45. The number of aliphatic hydroxyl groups is 1. The van der Waals surface area contributed by atoms with Crippen LogP contribution in [0.4, 0.5) is 0 Å². The summed E-state index contributed by atoms with van der Waals surface area (Å²) in [7, 11) is 1.58. The van der Waals surface area contributed by atoms with Gasteiger partial charge >= 0.3 is 7.82 Å². The minimum Gasteiger partial charge on any atom is -0.387 e. The Morgan fingerprint density at radius 1 is 0.486 bits per heavy atom. The minimum atomic E-state index is -4.35. The molecule has 0 radical (unpaired) electrons. The Hall–Kier alpha value is -1.28. The Kier molecular flexibility index (Phi) is 51.6. The largest absolute Gasteiger partial charge is 0.472 e. The van der Waals surface area contributed by atoms with E-state index in [2.05, 4.69) is 43.5 Å². The third-order valence-corrected chi connectivity index (χ3v) is 14.8. The number of unbranched alkanes of at least 4 members (excludes halogenated alkanes) is 39. The highest BCUT2D eigenvalue weighted by atomic mass is 31.2. The van der Waals surface area contributed by atoms with E-state index < -0.39 is 20.0 Å². The van der Waals surface area contributed by atoms with Crippen LogP contribution in [0.25, 0.3) is 0 Å². The molecule has 414 valence electrons. The molecule has 0 rings (SSSR count). The number of likely N-dealkylation sites (N-methyl/N-ethyl adjacent to an activating group) is 1. The fourth-order valence-electron chi connectivity index (χ4n) is 9.08. The average molecular weight is 1010 g/mol. The zero-order chi connectivity index (χ0) is 51.3. The molecule has 0 aliphatic heterocycles. The summed E-state index contributed by atoms with van der Waals surface area (Å²) in [4.78, 5) is 23.3. The van der Waals surface area contributed by atoms with Gasteiger partial charge in [-0.15, -0.1) is 0 Å². The average Bonchev–Trinajstić information content (AvgIpc) is 3.32. The van der Waals surface area contributed by atoms with Crippen molar-refractivity contribution in [1.82, 2.24) is 5.32 Å². The molecule has 0 aromatic rings. The van der Waals surface area contributed by atoms with Gasteiger partial charge < -0.3 is 19.8 Å². The molecule has 0 fully saturated rings. The number of phosphoric ester groups is 1. The molecule has 0 spiro atoms. The first-order chi connectivity index (χ1) is 34.0. The van der Waals surface area contributed by atoms with E-state index in [4.69, 9.17) is 9.05 Å². The number of rotatable bonds is 56. The summed E-state index contributed by atoms with van der Waals surface area (Å²) in [5.41, 5.74) is 0. The molecule has 0 bridgehead atoms. The van der Waals surface area contributed by atoms with Gasteiger partial charge in [-0.05, 0) is 51.4 Å². The Bertz CT molecular complexity index is 1230. The summed E-state index contributed by atoms with van der Waals surface area (Å²) in [5.74, 6) is -0.175. The smallest absolute Gasteiger partial charge is 0.387 e. The Labute approximate surface area is 436 Å². The first-order valence-electron chi connectivity index (χ1n) is 30.4. The van der Waals surface area contributed by atoms with Gasteiger partial charge in [0.1, 0.15) is 13.2 Å². The van der Waals surface area contributed by atoms with Crippen LogP contribution >= 0.6 is 7.82 Å². The van der Waals surface area contributed by atoms with Crippen LogP contribution in [0, 0.1) is 0 Å². The van der Waals surface area contributed by atoms with Crippen molar-refractivity contribution < 1.29 is 32.9 Å². The topological polar surface area (TPSA) is 105 Å². The van der Waals surface area contributed by atoms with E-state index in [0.29, 0.717) is 17.4 Å². The molecule has 8 nitrogen and oxygen atoms in total. The highest BCUT2D eigenvalue weighted by molar-refractivity contribution is 7.47. The molecule has 0 aliphatic rings. The molecule has 3 unspecified atom stereocenters. The van der Waals surface area contributed by atoms with Crippen LogP contribution in [0.2, 0.25) is 0 Å². The Morgan fingerprint density at radius 2 is 0.814 bits per heavy atom.